The van der Waals surface area contributed by atoms with Crippen molar-refractivity contribution in [1.82, 2.24) is 9.55 Å². The summed E-state index contributed by atoms with van der Waals surface area (Å²) >= 11 is 6.21. The number of hydrogen-bond acceptors (Lipinski definition) is 6. The maximum atomic E-state index is 12.6. The third kappa shape index (κ3) is 3.63. The molecule has 1 aromatic heterocycles. The number of halogens is 1. The van der Waals surface area contributed by atoms with E-state index in [1.807, 2.05) is 0 Å². The second kappa shape index (κ2) is 7.92. The van der Waals surface area contributed by atoms with Gasteiger partial charge in [-0.3, -0.25) is 0 Å². The molecule has 0 unspecified atom stereocenters. The predicted molar refractivity (Wildman–Crippen MR) is 100 cm³/mol. The fourth-order valence-corrected chi connectivity index (χ4v) is 2.83. The number of nitrogens with zero attached hydrogens (tertiary/aromatic N) is 3. The zero-order valence-electron chi connectivity index (χ0n) is 14.6. The highest BCUT2D eigenvalue weighted by molar-refractivity contribution is 6.31. The predicted octanol–water partition coefficient (Wildman–Crippen LogP) is 3.02. The Labute approximate surface area is 160 Å². The molecule has 0 atom stereocenters. The van der Waals surface area contributed by atoms with Crippen molar-refractivity contribution in [3.05, 3.63) is 77.6 Å². The number of aromatic nitrogens is 2. The summed E-state index contributed by atoms with van der Waals surface area (Å²) in [6, 6.07) is 5.20. The van der Waals surface area contributed by atoms with E-state index in [2.05, 4.69) is 4.98 Å². The van der Waals surface area contributed by atoms with Crippen molar-refractivity contribution in [2.75, 3.05) is 19.1 Å². The first-order valence-corrected chi connectivity index (χ1v) is 8.27. The second-order valence-corrected chi connectivity index (χ2v) is 5.86. The minimum atomic E-state index is -0.692. The lowest BCUT2D eigenvalue weighted by molar-refractivity contribution is -0.139. The minimum Gasteiger partial charge on any atom is -0.465 e. The first-order valence-electron chi connectivity index (χ1n) is 7.89. The van der Waals surface area contributed by atoms with Gasteiger partial charge in [-0.05, 0) is 30.4 Å². The topological polar surface area (TPSA) is 73.7 Å². The Morgan fingerprint density at radius 3 is 2.52 bits per heavy atom. The number of allylic oxidation sites excluding steroid dienone is 2. The molecule has 0 amide bonds. The van der Waals surface area contributed by atoms with E-state index in [0.717, 1.165) is 0 Å². The van der Waals surface area contributed by atoms with Gasteiger partial charge >= 0.3 is 11.9 Å². The van der Waals surface area contributed by atoms with Crippen molar-refractivity contribution in [2.45, 2.75) is 0 Å². The Hall–Kier alpha value is -3.32. The number of rotatable bonds is 4. The largest absolute Gasteiger partial charge is 0.465 e. The summed E-state index contributed by atoms with van der Waals surface area (Å²) in [5, 5.41) is 0.461. The summed E-state index contributed by atoms with van der Waals surface area (Å²) in [5.41, 5.74) is 1.33. The summed E-state index contributed by atoms with van der Waals surface area (Å²) in [6.45, 7) is 0. The van der Waals surface area contributed by atoms with Crippen LogP contribution in [0.15, 0.2) is 72.6 Å². The molecule has 0 fully saturated rings. The van der Waals surface area contributed by atoms with Crippen LogP contribution in [0, 0.1) is 0 Å². The van der Waals surface area contributed by atoms with Gasteiger partial charge in [0, 0.05) is 23.6 Å². The zero-order chi connectivity index (χ0) is 19.4. The molecule has 0 N–H and O–H groups in total. The van der Waals surface area contributed by atoms with Crippen LogP contribution in [0.3, 0.4) is 0 Å². The van der Waals surface area contributed by atoms with Gasteiger partial charge in [0.2, 0.25) is 0 Å². The third-order valence-corrected chi connectivity index (χ3v) is 4.10. The smallest absolute Gasteiger partial charge is 0.355 e. The van der Waals surface area contributed by atoms with Crippen LogP contribution in [0.1, 0.15) is 0 Å². The number of ether oxygens (including phenoxy) is 2. The SMILES string of the molecule is COC(=O)C1=C(C(=O)OC)N(c2cc(Cl)ccc2-n2ccnc2)C=CC=C1. The highest BCUT2D eigenvalue weighted by Crippen LogP contribution is 2.33. The molecule has 1 aliphatic heterocycles. The van der Waals surface area contributed by atoms with Gasteiger partial charge in [-0.15, -0.1) is 0 Å². The van der Waals surface area contributed by atoms with Crippen molar-refractivity contribution >= 4 is 29.2 Å². The lowest BCUT2D eigenvalue weighted by Gasteiger charge is -2.25. The lowest BCUT2D eigenvalue weighted by Crippen LogP contribution is -2.27. The third-order valence-electron chi connectivity index (χ3n) is 3.87. The van der Waals surface area contributed by atoms with Gasteiger partial charge < -0.3 is 18.9 Å². The molecule has 0 spiro atoms. The van der Waals surface area contributed by atoms with Gasteiger partial charge in [0.15, 0.2) is 0 Å². The summed E-state index contributed by atoms with van der Waals surface area (Å²) in [5.74, 6) is -1.35. The molecule has 27 heavy (non-hydrogen) atoms. The zero-order valence-corrected chi connectivity index (χ0v) is 15.4. The van der Waals surface area contributed by atoms with E-state index in [-0.39, 0.29) is 11.3 Å². The fraction of sp³-hybridized carbons (Fsp3) is 0.105. The quantitative estimate of drug-likeness (QED) is 0.753. The number of esters is 2. The van der Waals surface area contributed by atoms with Gasteiger partial charge in [-0.25, -0.2) is 14.6 Å². The molecule has 1 aromatic carbocycles. The molecule has 0 saturated carbocycles. The molecule has 0 aliphatic carbocycles. The number of anilines is 1. The first-order chi connectivity index (χ1) is 13.1. The molecule has 0 bridgehead atoms. The minimum absolute atomic E-state index is 0.0120. The van der Waals surface area contributed by atoms with Gasteiger partial charge in [0.25, 0.3) is 0 Å². The summed E-state index contributed by atoms with van der Waals surface area (Å²) in [6.07, 6.45) is 11.5. The van der Waals surface area contributed by atoms with Crippen molar-refractivity contribution in [3.8, 4) is 5.69 Å². The fourth-order valence-electron chi connectivity index (χ4n) is 2.66. The molecule has 3 rings (SSSR count). The van der Waals surface area contributed by atoms with Gasteiger partial charge in [0.05, 0.1) is 37.5 Å². The van der Waals surface area contributed by atoms with Crippen LogP contribution in [0.2, 0.25) is 5.02 Å². The molecular weight excluding hydrogens is 370 g/mol. The first kappa shape index (κ1) is 18.5. The molecule has 0 saturated heterocycles. The Morgan fingerprint density at radius 2 is 1.85 bits per heavy atom. The van der Waals surface area contributed by atoms with Crippen LogP contribution >= 0.6 is 11.6 Å². The van der Waals surface area contributed by atoms with Crippen LogP contribution < -0.4 is 4.90 Å². The second-order valence-electron chi connectivity index (χ2n) is 5.42. The standard InChI is InChI=1S/C19H16ClN3O4/c1-26-18(24)14-5-3-4-9-23(17(14)19(25)27-2)16-11-13(20)6-7-15(16)22-10-8-21-12-22/h3-12H,1-2H3. The highest BCUT2D eigenvalue weighted by Gasteiger charge is 2.29. The summed E-state index contributed by atoms with van der Waals surface area (Å²) in [4.78, 5) is 30.4. The number of methoxy groups -OCH3 is 2. The number of carbonyl (C=O) groups is 2. The molecule has 2 heterocycles. The molecule has 1 aliphatic rings. The lowest BCUT2D eigenvalue weighted by atomic mass is 10.1. The summed E-state index contributed by atoms with van der Waals surface area (Å²) < 4.78 is 11.5. The van der Waals surface area contributed by atoms with E-state index < -0.39 is 11.9 Å². The number of hydrogen-bond donors (Lipinski definition) is 0. The van der Waals surface area contributed by atoms with Gasteiger partial charge in [-0.1, -0.05) is 17.7 Å². The average molecular weight is 386 g/mol. The monoisotopic (exact) mass is 385 g/mol. The van der Waals surface area contributed by atoms with Crippen LogP contribution in [0.4, 0.5) is 5.69 Å². The van der Waals surface area contributed by atoms with E-state index in [4.69, 9.17) is 21.1 Å². The van der Waals surface area contributed by atoms with Crippen LogP contribution in [-0.4, -0.2) is 35.7 Å². The van der Waals surface area contributed by atoms with E-state index in [0.29, 0.717) is 16.4 Å². The van der Waals surface area contributed by atoms with E-state index in [1.54, 1.807) is 64.7 Å². The van der Waals surface area contributed by atoms with Gasteiger partial charge in [0.1, 0.15) is 5.70 Å². The van der Waals surface area contributed by atoms with E-state index >= 15 is 0 Å². The van der Waals surface area contributed by atoms with Crippen molar-refractivity contribution in [1.29, 1.82) is 0 Å². The molecule has 8 heteroatoms. The summed E-state index contributed by atoms with van der Waals surface area (Å²) in [7, 11) is 2.49. The van der Waals surface area contributed by atoms with Crippen LogP contribution in [-0.2, 0) is 19.1 Å². The van der Waals surface area contributed by atoms with Crippen molar-refractivity contribution in [2.24, 2.45) is 0 Å². The molecular formula is C19H16ClN3O4. The molecule has 2 aromatic rings. The van der Waals surface area contributed by atoms with Crippen LogP contribution in [0.25, 0.3) is 5.69 Å². The van der Waals surface area contributed by atoms with Crippen molar-refractivity contribution in [3.63, 3.8) is 0 Å². The maximum absolute atomic E-state index is 12.6. The molecule has 138 valence electrons. The van der Waals surface area contributed by atoms with E-state index in [9.17, 15) is 9.59 Å². The maximum Gasteiger partial charge on any atom is 0.355 e. The molecule has 7 nitrogen and oxygen atoms in total. The Balaban J connectivity index is 2.27. The number of benzene rings is 1. The number of imidazole rings is 1. The van der Waals surface area contributed by atoms with Gasteiger partial charge in [-0.2, -0.15) is 0 Å². The van der Waals surface area contributed by atoms with Crippen LogP contribution in [0.5, 0.6) is 0 Å². The van der Waals surface area contributed by atoms with Crippen molar-refractivity contribution < 1.29 is 19.1 Å². The molecule has 0 radical (unpaired) electrons. The highest BCUT2D eigenvalue weighted by atomic mass is 35.5. The number of carbonyl (C=O) groups excluding carboxylic acids is 2. The Kier molecular flexibility index (Phi) is 5.42. The van der Waals surface area contributed by atoms with E-state index in [1.165, 1.54) is 20.3 Å². The average Bonchev–Trinajstić information content (AvgIpc) is 3.12. The normalized spacial score (nSPS) is 13.5. The Bertz CT molecular complexity index is 961. The Morgan fingerprint density at radius 1 is 1.07 bits per heavy atom.